The highest BCUT2D eigenvalue weighted by Crippen LogP contribution is 2.27. The molecule has 0 fully saturated rings. The minimum absolute atomic E-state index is 0.0114. The van der Waals surface area contributed by atoms with Gasteiger partial charge in [-0.3, -0.25) is 10.1 Å². The molecule has 0 unspecified atom stereocenters. The van der Waals surface area contributed by atoms with Crippen LogP contribution in [0, 0.1) is 24.0 Å². The average molecular weight is 351 g/mol. The third kappa shape index (κ3) is 3.31. The Bertz CT molecular complexity index is 601. The van der Waals surface area contributed by atoms with Gasteiger partial charge in [0.2, 0.25) is 10.0 Å². The van der Waals surface area contributed by atoms with Crippen LogP contribution in [0.1, 0.15) is 11.1 Å². The second kappa shape index (κ2) is 5.98. The van der Waals surface area contributed by atoms with E-state index in [0.717, 1.165) is 6.07 Å². The summed E-state index contributed by atoms with van der Waals surface area (Å²) in [5.74, 6) is 0. The van der Waals surface area contributed by atoms with Crippen molar-refractivity contribution in [3.05, 3.63) is 33.4 Å². The van der Waals surface area contributed by atoms with Crippen molar-refractivity contribution in [2.75, 3.05) is 18.9 Å². The van der Waals surface area contributed by atoms with E-state index in [9.17, 15) is 18.5 Å². The smallest absolute Gasteiger partial charge is 0.258 e. The molecule has 0 heterocycles. The van der Waals surface area contributed by atoms with E-state index in [1.54, 1.807) is 13.8 Å². The topological polar surface area (TPSA) is 80.5 Å². The van der Waals surface area contributed by atoms with E-state index in [2.05, 4.69) is 15.9 Å². The van der Waals surface area contributed by atoms with Crippen LogP contribution in [0.4, 0.5) is 5.69 Å². The molecule has 0 amide bonds. The number of non-ortho nitro benzene ring substituents is 1. The van der Waals surface area contributed by atoms with Gasteiger partial charge in [0.1, 0.15) is 0 Å². The number of hydrogen-bond donors (Lipinski definition) is 0. The van der Waals surface area contributed by atoms with Gasteiger partial charge in [-0.2, -0.15) is 0 Å². The summed E-state index contributed by atoms with van der Waals surface area (Å²) in [5, 5.41) is 11.3. The second-order valence-corrected chi connectivity index (χ2v) is 6.96. The number of sulfonamides is 1. The number of rotatable bonds is 5. The lowest BCUT2D eigenvalue weighted by atomic mass is 10.1. The third-order valence-electron chi connectivity index (χ3n) is 2.90. The first-order valence-electron chi connectivity index (χ1n) is 5.49. The van der Waals surface area contributed by atoms with E-state index in [1.807, 2.05) is 0 Å². The zero-order chi connectivity index (χ0) is 14.8. The van der Waals surface area contributed by atoms with Crippen LogP contribution in [0.2, 0.25) is 0 Å². The largest absolute Gasteiger partial charge is 0.271 e. The summed E-state index contributed by atoms with van der Waals surface area (Å²) >= 11 is 3.17. The minimum atomic E-state index is -3.71. The highest BCUT2D eigenvalue weighted by atomic mass is 79.9. The Morgan fingerprint density at radius 1 is 1.37 bits per heavy atom. The van der Waals surface area contributed by atoms with Gasteiger partial charge in [0, 0.05) is 31.1 Å². The number of halogens is 1. The second-order valence-electron chi connectivity index (χ2n) is 4.16. The van der Waals surface area contributed by atoms with Crippen LogP contribution in [0.3, 0.4) is 0 Å². The van der Waals surface area contributed by atoms with Gasteiger partial charge in [0.25, 0.3) is 5.69 Å². The molecule has 0 aromatic heterocycles. The molecule has 0 aliphatic rings. The van der Waals surface area contributed by atoms with E-state index >= 15 is 0 Å². The summed E-state index contributed by atoms with van der Waals surface area (Å²) in [6.45, 7) is 3.60. The first kappa shape index (κ1) is 16.1. The third-order valence-corrected chi connectivity index (χ3v) is 5.24. The Kier molecular flexibility index (Phi) is 5.05. The number of hydrogen-bond acceptors (Lipinski definition) is 4. The molecular formula is C11H15BrN2O4S. The molecule has 106 valence electrons. The standard InChI is InChI=1S/C11H15BrN2O4S/c1-8-6-10(14(15)16)7-11(9(8)2)19(17,18)13(3)5-4-12/h6-7H,4-5H2,1-3H3. The molecule has 0 saturated heterocycles. The lowest BCUT2D eigenvalue weighted by Gasteiger charge is -2.18. The maximum atomic E-state index is 12.4. The molecule has 19 heavy (non-hydrogen) atoms. The molecule has 0 spiro atoms. The number of nitrogens with zero attached hydrogens (tertiary/aromatic N) is 2. The Balaban J connectivity index is 3.45. The minimum Gasteiger partial charge on any atom is -0.258 e. The van der Waals surface area contributed by atoms with Crippen LogP contribution >= 0.6 is 15.9 Å². The summed E-state index contributed by atoms with van der Waals surface area (Å²) in [4.78, 5) is 10.2. The van der Waals surface area contributed by atoms with Gasteiger partial charge >= 0.3 is 0 Å². The van der Waals surface area contributed by atoms with Crippen molar-refractivity contribution in [2.24, 2.45) is 0 Å². The van der Waals surface area contributed by atoms with E-state index < -0.39 is 14.9 Å². The lowest BCUT2D eigenvalue weighted by Crippen LogP contribution is -2.29. The van der Waals surface area contributed by atoms with E-state index in [4.69, 9.17) is 0 Å². The van der Waals surface area contributed by atoms with Gasteiger partial charge in [-0.05, 0) is 25.0 Å². The van der Waals surface area contributed by atoms with Gasteiger partial charge in [0.05, 0.1) is 9.82 Å². The lowest BCUT2D eigenvalue weighted by molar-refractivity contribution is -0.385. The van der Waals surface area contributed by atoms with Crippen molar-refractivity contribution < 1.29 is 13.3 Å². The molecular weight excluding hydrogens is 336 g/mol. The van der Waals surface area contributed by atoms with Crippen molar-refractivity contribution in [1.82, 2.24) is 4.31 Å². The maximum absolute atomic E-state index is 12.4. The van der Waals surface area contributed by atoms with Gasteiger partial charge in [-0.1, -0.05) is 15.9 Å². The van der Waals surface area contributed by atoms with Crippen LogP contribution < -0.4 is 0 Å². The Hall–Kier alpha value is -0.990. The summed E-state index contributed by atoms with van der Waals surface area (Å²) in [7, 11) is -2.26. The number of aryl methyl sites for hydroxylation is 1. The predicted molar refractivity (Wildman–Crippen MR) is 76.2 cm³/mol. The van der Waals surface area contributed by atoms with E-state index in [1.165, 1.54) is 17.4 Å². The molecule has 0 radical (unpaired) electrons. The highest BCUT2D eigenvalue weighted by molar-refractivity contribution is 9.09. The Labute approximate surface area is 120 Å². The summed E-state index contributed by atoms with van der Waals surface area (Å²) in [5.41, 5.74) is 0.904. The first-order chi connectivity index (χ1) is 8.71. The Morgan fingerprint density at radius 2 is 1.95 bits per heavy atom. The molecule has 0 N–H and O–H groups in total. The molecule has 6 nitrogen and oxygen atoms in total. The predicted octanol–water partition coefficient (Wildman–Crippen LogP) is 2.23. The van der Waals surface area contributed by atoms with Gasteiger partial charge in [-0.25, -0.2) is 12.7 Å². The fourth-order valence-electron chi connectivity index (χ4n) is 1.59. The Morgan fingerprint density at radius 3 is 2.42 bits per heavy atom. The SMILES string of the molecule is Cc1cc([N+](=O)[O-])cc(S(=O)(=O)N(C)CCBr)c1C. The fourth-order valence-corrected chi connectivity index (χ4v) is 3.84. The molecule has 0 saturated carbocycles. The molecule has 1 aromatic carbocycles. The first-order valence-corrected chi connectivity index (χ1v) is 8.06. The number of alkyl halides is 1. The molecule has 0 atom stereocenters. The normalized spacial score (nSPS) is 11.8. The number of benzene rings is 1. The van der Waals surface area contributed by atoms with Crippen LogP contribution in [0.5, 0.6) is 0 Å². The molecule has 0 aliphatic carbocycles. The molecule has 1 aromatic rings. The van der Waals surface area contributed by atoms with Crippen LogP contribution in [-0.2, 0) is 10.0 Å². The summed E-state index contributed by atoms with van der Waals surface area (Å²) in [6.07, 6.45) is 0. The van der Waals surface area contributed by atoms with Gasteiger partial charge in [0.15, 0.2) is 0 Å². The van der Waals surface area contributed by atoms with E-state index in [-0.39, 0.29) is 10.6 Å². The fraction of sp³-hybridized carbons (Fsp3) is 0.455. The summed E-state index contributed by atoms with van der Waals surface area (Å²) in [6, 6.07) is 2.49. The van der Waals surface area contributed by atoms with Crippen molar-refractivity contribution in [3.63, 3.8) is 0 Å². The zero-order valence-electron chi connectivity index (χ0n) is 10.9. The number of nitro groups is 1. The zero-order valence-corrected chi connectivity index (χ0v) is 13.3. The quantitative estimate of drug-likeness (QED) is 0.463. The maximum Gasteiger partial charge on any atom is 0.271 e. The van der Waals surface area contributed by atoms with Crippen LogP contribution in [0.25, 0.3) is 0 Å². The van der Waals surface area contributed by atoms with Crippen LogP contribution in [0.15, 0.2) is 17.0 Å². The number of nitro benzene ring substituents is 1. The van der Waals surface area contributed by atoms with Crippen molar-refractivity contribution >= 4 is 31.6 Å². The van der Waals surface area contributed by atoms with Gasteiger partial charge in [-0.15, -0.1) is 0 Å². The summed E-state index contributed by atoms with van der Waals surface area (Å²) < 4.78 is 25.9. The van der Waals surface area contributed by atoms with Gasteiger partial charge < -0.3 is 0 Å². The molecule has 0 bridgehead atoms. The molecule has 0 aliphatic heterocycles. The highest BCUT2D eigenvalue weighted by Gasteiger charge is 2.25. The van der Waals surface area contributed by atoms with Crippen LogP contribution in [-0.4, -0.2) is 36.6 Å². The van der Waals surface area contributed by atoms with Crippen molar-refractivity contribution in [2.45, 2.75) is 18.7 Å². The average Bonchev–Trinajstić information content (AvgIpc) is 2.32. The molecule has 8 heteroatoms. The molecule has 1 rings (SSSR count). The van der Waals surface area contributed by atoms with Crippen molar-refractivity contribution in [1.29, 1.82) is 0 Å². The monoisotopic (exact) mass is 350 g/mol. The van der Waals surface area contributed by atoms with Crippen molar-refractivity contribution in [3.8, 4) is 0 Å². The van der Waals surface area contributed by atoms with E-state index in [0.29, 0.717) is 23.0 Å².